The second kappa shape index (κ2) is 7.04. The molecular formula is C21H23ClN4. The van der Waals surface area contributed by atoms with E-state index in [4.69, 9.17) is 16.7 Å². The average Bonchev–Trinajstić information content (AvgIpc) is 2.83. The van der Waals surface area contributed by atoms with Crippen molar-refractivity contribution in [1.29, 1.82) is 0 Å². The summed E-state index contributed by atoms with van der Waals surface area (Å²) < 4.78 is 1.97. The molecule has 0 unspecified atom stereocenters. The Morgan fingerprint density at radius 2 is 1.92 bits per heavy atom. The minimum absolute atomic E-state index is 0.706. The Balaban J connectivity index is 1.91. The Kier molecular flexibility index (Phi) is 4.60. The fourth-order valence-electron chi connectivity index (χ4n) is 3.46. The van der Waals surface area contributed by atoms with E-state index in [1.807, 2.05) is 28.9 Å². The van der Waals surface area contributed by atoms with E-state index in [2.05, 4.69) is 48.6 Å². The summed E-state index contributed by atoms with van der Waals surface area (Å²) in [6.45, 7) is 0.959. The number of nitrogens with one attached hydrogen (secondary N) is 1. The van der Waals surface area contributed by atoms with Gasteiger partial charge in [-0.15, -0.1) is 0 Å². The van der Waals surface area contributed by atoms with Gasteiger partial charge in [0.2, 0.25) is 0 Å². The zero-order valence-electron chi connectivity index (χ0n) is 15.2. The fraction of sp³-hybridized carbons (Fsp3) is 0.286. The molecule has 5 heteroatoms. The summed E-state index contributed by atoms with van der Waals surface area (Å²) in [6, 6.07) is 16.4. The molecule has 1 aliphatic heterocycles. The van der Waals surface area contributed by atoms with Crippen LogP contribution in [-0.4, -0.2) is 30.4 Å². The van der Waals surface area contributed by atoms with Crippen molar-refractivity contribution >= 4 is 23.1 Å². The van der Waals surface area contributed by atoms with E-state index < -0.39 is 0 Å². The largest absolute Gasteiger partial charge is 0.378 e. The van der Waals surface area contributed by atoms with Crippen LogP contribution < -0.4 is 10.2 Å². The van der Waals surface area contributed by atoms with Crippen molar-refractivity contribution in [3.63, 3.8) is 0 Å². The molecule has 4 rings (SSSR count). The maximum atomic E-state index is 6.47. The van der Waals surface area contributed by atoms with E-state index in [1.165, 1.54) is 11.3 Å². The molecule has 1 N–H and O–H groups in total. The third-order valence-electron chi connectivity index (χ3n) is 4.85. The van der Waals surface area contributed by atoms with Gasteiger partial charge >= 0.3 is 0 Å². The highest BCUT2D eigenvalue weighted by Gasteiger charge is 2.22. The molecule has 134 valence electrons. The number of aromatic nitrogens is 2. The molecule has 0 fully saturated rings. The topological polar surface area (TPSA) is 33.1 Å². The Bertz CT molecular complexity index is 930. The molecule has 0 saturated heterocycles. The second-order valence-corrected chi connectivity index (χ2v) is 7.27. The first-order valence-corrected chi connectivity index (χ1v) is 9.41. The summed E-state index contributed by atoms with van der Waals surface area (Å²) in [7, 11) is 4.12. The summed E-state index contributed by atoms with van der Waals surface area (Å²) in [5.41, 5.74) is 5.54. The predicted molar refractivity (Wildman–Crippen MR) is 110 cm³/mol. The quantitative estimate of drug-likeness (QED) is 0.707. The van der Waals surface area contributed by atoms with Gasteiger partial charge in [0.15, 0.2) is 0 Å². The number of para-hydroxylation sites is 1. The first-order chi connectivity index (χ1) is 12.6. The molecule has 3 aromatic rings. The van der Waals surface area contributed by atoms with Gasteiger partial charge in [-0.3, -0.25) is 0 Å². The third-order valence-corrected chi connectivity index (χ3v) is 5.17. The zero-order chi connectivity index (χ0) is 18.1. The van der Waals surface area contributed by atoms with Gasteiger partial charge in [0.25, 0.3) is 0 Å². The Morgan fingerprint density at radius 3 is 2.73 bits per heavy atom. The van der Waals surface area contributed by atoms with Gasteiger partial charge in [-0.1, -0.05) is 35.9 Å². The monoisotopic (exact) mass is 366 g/mol. The average molecular weight is 367 g/mol. The molecule has 1 aromatic heterocycles. The summed E-state index contributed by atoms with van der Waals surface area (Å²) in [5, 5.41) is 9.27. The van der Waals surface area contributed by atoms with Gasteiger partial charge in [0, 0.05) is 37.5 Å². The van der Waals surface area contributed by atoms with Gasteiger partial charge in [-0.2, -0.15) is 5.10 Å². The number of rotatable bonds is 3. The van der Waals surface area contributed by atoms with Crippen molar-refractivity contribution in [3.05, 3.63) is 59.1 Å². The summed E-state index contributed by atoms with van der Waals surface area (Å²) in [5.74, 6) is 1.07. The number of hydrogen-bond donors (Lipinski definition) is 1. The number of benzene rings is 2. The van der Waals surface area contributed by atoms with Crippen LogP contribution in [0.3, 0.4) is 0 Å². The van der Waals surface area contributed by atoms with Crippen LogP contribution in [0.25, 0.3) is 16.9 Å². The Hall–Kier alpha value is -2.46. The number of anilines is 2. The summed E-state index contributed by atoms with van der Waals surface area (Å²) in [4.78, 5) is 2.12. The van der Waals surface area contributed by atoms with Crippen LogP contribution in [-0.2, 0) is 6.42 Å². The molecule has 0 spiro atoms. The molecule has 1 aliphatic rings. The van der Waals surface area contributed by atoms with E-state index in [-0.39, 0.29) is 0 Å². The van der Waals surface area contributed by atoms with Crippen molar-refractivity contribution in [1.82, 2.24) is 9.78 Å². The first kappa shape index (κ1) is 17.0. The highest BCUT2D eigenvalue weighted by atomic mass is 35.5. The standard InChI is InChI=1S/C21H23ClN4/c1-25(2)16-9-7-8-15(14-16)20-17-10-5-6-13-23-21(17)26(24-20)19-12-4-3-11-18(19)22/h3-4,7-9,11-12,14,23H,5-6,10,13H2,1-2H3. The molecule has 0 aliphatic carbocycles. The van der Waals surface area contributed by atoms with Gasteiger partial charge in [-0.25, -0.2) is 4.68 Å². The van der Waals surface area contributed by atoms with Gasteiger partial charge in [0.1, 0.15) is 5.82 Å². The van der Waals surface area contributed by atoms with Crippen molar-refractivity contribution < 1.29 is 0 Å². The Morgan fingerprint density at radius 1 is 1.08 bits per heavy atom. The fourth-order valence-corrected chi connectivity index (χ4v) is 3.68. The molecule has 0 saturated carbocycles. The molecule has 0 bridgehead atoms. The van der Waals surface area contributed by atoms with Crippen molar-refractivity contribution in [3.8, 4) is 16.9 Å². The molecule has 4 nitrogen and oxygen atoms in total. The zero-order valence-corrected chi connectivity index (χ0v) is 15.9. The lowest BCUT2D eigenvalue weighted by Crippen LogP contribution is -2.08. The highest BCUT2D eigenvalue weighted by Crippen LogP contribution is 2.36. The minimum Gasteiger partial charge on any atom is -0.378 e. The predicted octanol–water partition coefficient (Wildman–Crippen LogP) is 5.01. The summed E-state index contributed by atoms with van der Waals surface area (Å²) >= 11 is 6.47. The lowest BCUT2D eigenvalue weighted by Gasteiger charge is -2.13. The van der Waals surface area contributed by atoms with Gasteiger partial charge in [-0.05, 0) is 43.5 Å². The van der Waals surface area contributed by atoms with Gasteiger partial charge in [0.05, 0.1) is 16.4 Å². The molecule has 2 heterocycles. The van der Waals surface area contributed by atoms with E-state index in [0.29, 0.717) is 5.02 Å². The van der Waals surface area contributed by atoms with Crippen LogP contribution in [0, 0.1) is 0 Å². The molecule has 0 radical (unpaired) electrons. The molecule has 2 aromatic carbocycles. The highest BCUT2D eigenvalue weighted by molar-refractivity contribution is 6.32. The van der Waals surface area contributed by atoms with Gasteiger partial charge < -0.3 is 10.2 Å². The normalized spacial score (nSPS) is 13.7. The SMILES string of the molecule is CN(C)c1cccc(-c2nn(-c3ccccc3Cl)c3c2CCCCN3)c1. The van der Waals surface area contributed by atoms with E-state index in [0.717, 1.165) is 48.6 Å². The van der Waals surface area contributed by atoms with Crippen LogP contribution in [0.4, 0.5) is 11.5 Å². The molecular weight excluding hydrogens is 344 g/mol. The molecule has 0 amide bonds. The second-order valence-electron chi connectivity index (χ2n) is 6.87. The van der Waals surface area contributed by atoms with Crippen LogP contribution in [0.5, 0.6) is 0 Å². The van der Waals surface area contributed by atoms with Crippen LogP contribution in [0.15, 0.2) is 48.5 Å². The number of nitrogens with zero attached hydrogens (tertiary/aromatic N) is 3. The van der Waals surface area contributed by atoms with Crippen LogP contribution >= 0.6 is 11.6 Å². The maximum Gasteiger partial charge on any atom is 0.133 e. The van der Waals surface area contributed by atoms with E-state index in [1.54, 1.807) is 0 Å². The first-order valence-electron chi connectivity index (χ1n) is 9.03. The van der Waals surface area contributed by atoms with E-state index in [9.17, 15) is 0 Å². The number of fused-ring (bicyclic) bond motifs is 1. The Labute approximate surface area is 159 Å². The van der Waals surface area contributed by atoms with Crippen molar-refractivity contribution in [2.75, 3.05) is 30.9 Å². The molecule has 0 atom stereocenters. The summed E-state index contributed by atoms with van der Waals surface area (Å²) in [6.07, 6.45) is 3.34. The number of hydrogen-bond acceptors (Lipinski definition) is 3. The molecule has 26 heavy (non-hydrogen) atoms. The van der Waals surface area contributed by atoms with E-state index >= 15 is 0 Å². The third kappa shape index (κ3) is 3.06. The lowest BCUT2D eigenvalue weighted by molar-refractivity contribution is 0.780. The smallest absolute Gasteiger partial charge is 0.133 e. The van der Waals surface area contributed by atoms with Crippen LogP contribution in [0.1, 0.15) is 18.4 Å². The van der Waals surface area contributed by atoms with Crippen LogP contribution in [0.2, 0.25) is 5.02 Å². The maximum absolute atomic E-state index is 6.47. The van der Waals surface area contributed by atoms with Crippen molar-refractivity contribution in [2.45, 2.75) is 19.3 Å². The number of halogens is 1. The lowest BCUT2D eigenvalue weighted by atomic mass is 10.0. The minimum atomic E-state index is 0.706. The van der Waals surface area contributed by atoms with Crippen molar-refractivity contribution in [2.24, 2.45) is 0 Å².